The summed E-state index contributed by atoms with van der Waals surface area (Å²) in [5.41, 5.74) is 3.50. The van der Waals surface area contributed by atoms with Gasteiger partial charge in [0.2, 0.25) is 0 Å². The first kappa shape index (κ1) is 21.2. The summed E-state index contributed by atoms with van der Waals surface area (Å²) in [5, 5.41) is 9.79. The quantitative estimate of drug-likeness (QED) is 0.731. The van der Waals surface area contributed by atoms with Gasteiger partial charge in [0.1, 0.15) is 5.75 Å². The van der Waals surface area contributed by atoms with Gasteiger partial charge in [-0.25, -0.2) is 0 Å². The molecular weight excluding hydrogens is 306 g/mol. The minimum absolute atomic E-state index is 0.390. The van der Waals surface area contributed by atoms with Gasteiger partial charge in [0.15, 0.2) is 0 Å². The maximum atomic E-state index is 9.79. The topological polar surface area (TPSA) is 23.5 Å². The molecule has 1 N–H and O–H groups in total. The zero-order valence-corrected chi connectivity index (χ0v) is 16.8. The van der Waals surface area contributed by atoms with E-state index in [2.05, 4.69) is 64.6 Å². The van der Waals surface area contributed by atoms with Crippen molar-refractivity contribution >= 4 is 0 Å². The highest BCUT2D eigenvalue weighted by Crippen LogP contribution is 2.22. The highest BCUT2D eigenvalue weighted by molar-refractivity contribution is 5.39. The maximum absolute atomic E-state index is 9.79. The molecule has 0 radical (unpaired) electrons. The van der Waals surface area contributed by atoms with Gasteiger partial charge in [-0.2, -0.15) is 0 Å². The first-order valence-electron chi connectivity index (χ1n) is 9.49. The Bertz CT molecular complexity index is 597. The van der Waals surface area contributed by atoms with E-state index in [9.17, 15) is 5.11 Å². The van der Waals surface area contributed by atoms with Crippen LogP contribution in [0.1, 0.15) is 58.2 Å². The van der Waals surface area contributed by atoms with Crippen molar-refractivity contribution in [3.8, 4) is 5.75 Å². The van der Waals surface area contributed by atoms with Crippen LogP contribution in [0.3, 0.4) is 0 Å². The van der Waals surface area contributed by atoms with E-state index in [0.717, 1.165) is 24.9 Å². The van der Waals surface area contributed by atoms with Gasteiger partial charge in [-0.05, 0) is 63.4 Å². The largest absolute Gasteiger partial charge is 0.508 e. The fourth-order valence-electron chi connectivity index (χ4n) is 3.14. The van der Waals surface area contributed by atoms with Gasteiger partial charge in [-0.15, -0.1) is 0 Å². The summed E-state index contributed by atoms with van der Waals surface area (Å²) in [6, 6.07) is 17.4. The van der Waals surface area contributed by atoms with E-state index in [1.807, 2.05) is 24.3 Å². The van der Waals surface area contributed by atoms with Crippen molar-refractivity contribution in [2.24, 2.45) is 0 Å². The first-order valence-corrected chi connectivity index (χ1v) is 9.49. The van der Waals surface area contributed by atoms with Gasteiger partial charge in [0.05, 0.1) is 0 Å². The predicted molar refractivity (Wildman–Crippen MR) is 109 cm³/mol. The third kappa shape index (κ3) is 7.31. The van der Waals surface area contributed by atoms with Crippen LogP contribution < -0.4 is 0 Å². The number of nitrogens with zero attached hydrogens (tertiary/aromatic N) is 1. The Hall–Kier alpha value is -1.80. The Morgan fingerprint density at radius 3 is 1.88 bits per heavy atom. The molecule has 2 aromatic rings. The lowest BCUT2D eigenvalue weighted by molar-refractivity contribution is 0.185. The SMILES string of the molecule is CCN(C(C)C)C(C)C.CCc1ccc(O)c(Cc2ccccc2)c1. The van der Waals surface area contributed by atoms with E-state index in [4.69, 9.17) is 0 Å². The molecule has 0 heterocycles. The molecule has 0 aliphatic carbocycles. The summed E-state index contributed by atoms with van der Waals surface area (Å²) in [7, 11) is 0. The second-order valence-corrected chi connectivity index (χ2v) is 7.00. The highest BCUT2D eigenvalue weighted by Gasteiger charge is 2.09. The smallest absolute Gasteiger partial charge is 0.119 e. The maximum Gasteiger partial charge on any atom is 0.119 e. The molecule has 0 spiro atoms. The van der Waals surface area contributed by atoms with E-state index in [1.54, 1.807) is 6.07 Å². The lowest BCUT2D eigenvalue weighted by atomic mass is 10.0. The summed E-state index contributed by atoms with van der Waals surface area (Å²) in [6.07, 6.45) is 1.79. The molecule has 0 aromatic heterocycles. The summed E-state index contributed by atoms with van der Waals surface area (Å²) in [6.45, 7) is 14.5. The second kappa shape index (κ2) is 10.9. The lowest BCUT2D eigenvalue weighted by Crippen LogP contribution is -2.36. The molecule has 2 aromatic carbocycles. The van der Waals surface area contributed by atoms with Gasteiger partial charge >= 0.3 is 0 Å². The highest BCUT2D eigenvalue weighted by atomic mass is 16.3. The Labute approximate surface area is 154 Å². The zero-order chi connectivity index (χ0) is 18.8. The summed E-state index contributed by atoms with van der Waals surface area (Å²) in [5.74, 6) is 0.390. The Morgan fingerprint density at radius 1 is 0.840 bits per heavy atom. The molecule has 0 atom stereocenters. The van der Waals surface area contributed by atoms with Crippen molar-refractivity contribution in [2.75, 3.05) is 6.54 Å². The summed E-state index contributed by atoms with van der Waals surface area (Å²) < 4.78 is 0. The van der Waals surface area contributed by atoms with Crippen LogP contribution >= 0.6 is 0 Å². The van der Waals surface area contributed by atoms with E-state index in [-0.39, 0.29) is 0 Å². The molecular formula is C23H35NO. The number of aryl methyl sites for hydroxylation is 1. The normalized spacial score (nSPS) is 10.9. The predicted octanol–water partition coefficient (Wildman–Crippen LogP) is 5.67. The van der Waals surface area contributed by atoms with Crippen LogP contribution in [0.15, 0.2) is 48.5 Å². The molecule has 0 fully saturated rings. The van der Waals surface area contributed by atoms with Crippen molar-refractivity contribution in [1.82, 2.24) is 4.90 Å². The van der Waals surface area contributed by atoms with Crippen molar-refractivity contribution < 1.29 is 5.11 Å². The molecule has 25 heavy (non-hydrogen) atoms. The van der Waals surface area contributed by atoms with Crippen molar-refractivity contribution in [3.63, 3.8) is 0 Å². The summed E-state index contributed by atoms with van der Waals surface area (Å²) in [4.78, 5) is 2.46. The minimum Gasteiger partial charge on any atom is -0.508 e. The third-order valence-corrected chi connectivity index (χ3v) is 4.48. The van der Waals surface area contributed by atoms with E-state index < -0.39 is 0 Å². The number of phenolic OH excluding ortho intramolecular Hbond substituents is 1. The molecule has 0 aliphatic heterocycles. The number of phenols is 1. The van der Waals surface area contributed by atoms with Crippen molar-refractivity contribution in [1.29, 1.82) is 0 Å². The van der Waals surface area contributed by atoms with Gasteiger partial charge in [-0.3, -0.25) is 4.90 Å². The zero-order valence-electron chi connectivity index (χ0n) is 16.8. The lowest BCUT2D eigenvalue weighted by Gasteiger charge is -2.28. The van der Waals surface area contributed by atoms with Crippen LogP contribution in [-0.4, -0.2) is 28.6 Å². The van der Waals surface area contributed by atoms with Crippen molar-refractivity contribution in [3.05, 3.63) is 65.2 Å². The summed E-state index contributed by atoms with van der Waals surface area (Å²) >= 11 is 0. The number of benzene rings is 2. The first-order chi connectivity index (χ1) is 11.9. The van der Waals surface area contributed by atoms with E-state index in [0.29, 0.717) is 17.8 Å². The Morgan fingerprint density at radius 2 is 1.44 bits per heavy atom. The fourth-order valence-corrected chi connectivity index (χ4v) is 3.14. The van der Waals surface area contributed by atoms with Crippen LogP contribution in [0.25, 0.3) is 0 Å². The number of hydrogen-bond acceptors (Lipinski definition) is 2. The molecule has 2 heteroatoms. The standard InChI is InChI=1S/C15H16O.C8H19N/c1-2-12-8-9-15(16)14(10-12)11-13-6-4-3-5-7-13;1-6-9(7(2)3)8(4)5/h3-10,16H,2,11H2,1H3;7-8H,6H2,1-5H3. The molecule has 0 amide bonds. The molecule has 0 unspecified atom stereocenters. The van der Waals surface area contributed by atoms with Gasteiger partial charge < -0.3 is 5.11 Å². The monoisotopic (exact) mass is 341 g/mol. The molecule has 0 bridgehead atoms. The second-order valence-electron chi connectivity index (χ2n) is 7.00. The fraction of sp³-hybridized carbons (Fsp3) is 0.478. The van der Waals surface area contributed by atoms with Crippen LogP contribution in [0.5, 0.6) is 5.75 Å². The van der Waals surface area contributed by atoms with Crippen LogP contribution in [-0.2, 0) is 12.8 Å². The minimum atomic E-state index is 0.390. The van der Waals surface area contributed by atoms with Crippen LogP contribution in [0.2, 0.25) is 0 Å². The molecule has 2 nitrogen and oxygen atoms in total. The average Bonchev–Trinajstić information content (AvgIpc) is 2.58. The van der Waals surface area contributed by atoms with Crippen LogP contribution in [0, 0.1) is 0 Å². The Balaban J connectivity index is 0.000000299. The third-order valence-electron chi connectivity index (χ3n) is 4.48. The number of rotatable bonds is 6. The molecule has 0 aliphatic rings. The number of aromatic hydroxyl groups is 1. The van der Waals surface area contributed by atoms with Gasteiger partial charge in [0, 0.05) is 18.5 Å². The molecule has 138 valence electrons. The van der Waals surface area contributed by atoms with Gasteiger partial charge in [0.25, 0.3) is 0 Å². The number of hydrogen-bond donors (Lipinski definition) is 1. The van der Waals surface area contributed by atoms with Crippen LogP contribution in [0.4, 0.5) is 0 Å². The van der Waals surface area contributed by atoms with E-state index in [1.165, 1.54) is 11.1 Å². The molecule has 2 rings (SSSR count). The molecule has 0 saturated carbocycles. The molecule has 0 saturated heterocycles. The average molecular weight is 342 g/mol. The van der Waals surface area contributed by atoms with E-state index >= 15 is 0 Å². The van der Waals surface area contributed by atoms with Gasteiger partial charge in [-0.1, -0.05) is 56.3 Å². The Kier molecular flexibility index (Phi) is 9.30. The van der Waals surface area contributed by atoms with Crippen molar-refractivity contribution in [2.45, 2.75) is 66.5 Å².